The minimum absolute atomic E-state index is 0.0215. The zero-order valence-electron chi connectivity index (χ0n) is 10.6. The molecule has 96 valence electrons. The van der Waals surface area contributed by atoms with E-state index >= 15 is 0 Å². The van der Waals surface area contributed by atoms with Gasteiger partial charge in [-0.1, -0.05) is 0 Å². The molecular formula is C12H15BrN4O. The maximum atomic E-state index is 11.9. The lowest BCUT2D eigenvalue weighted by Crippen LogP contribution is -2.15. The summed E-state index contributed by atoms with van der Waals surface area (Å²) in [5, 5.41) is 8.37. The van der Waals surface area contributed by atoms with Crippen molar-refractivity contribution >= 4 is 21.8 Å². The van der Waals surface area contributed by atoms with Gasteiger partial charge in [-0.3, -0.25) is 9.48 Å². The van der Waals surface area contributed by atoms with Crippen LogP contribution < -0.4 is 0 Å². The highest BCUT2D eigenvalue weighted by atomic mass is 79.9. The number of rotatable bonds is 3. The fourth-order valence-corrected chi connectivity index (χ4v) is 2.04. The van der Waals surface area contributed by atoms with E-state index in [1.807, 2.05) is 25.5 Å². The van der Waals surface area contributed by atoms with Crippen LogP contribution >= 0.6 is 15.9 Å². The number of halogens is 1. The SMILES string of the molecule is Cc1cnn(C(=O)CCn2nc(C)c(Br)c2C)c1. The lowest BCUT2D eigenvalue weighted by molar-refractivity contribution is 0.0879. The van der Waals surface area contributed by atoms with Crippen LogP contribution in [0.2, 0.25) is 0 Å². The average molecular weight is 311 g/mol. The molecule has 0 unspecified atom stereocenters. The van der Waals surface area contributed by atoms with Crippen molar-refractivity contribution in [3.05, 3.63) is 33.8 Å². The molecule has 0 aliphatic carbocycles. The van der Waals surface area contributed by atoms with E-state index < -0.39 is 0 Å². The zero-order chi connectivity index (χ0) is 13.3. The first-order valence-corrected chi connectivity index (χ1v) is 6.52. The Balaban J connectivity index is 2.03. The molecule has 6 heteroatoms. The van der Waals surface area contributed by atoms with Crippen LogP contribution in [0.5, 0.6) is 0 Å². The van der Waals surface area contributed by atoms with Crippen molar-refractivity contribution in [2.24, 2.45) is 0 Å². The third-order valence-corrected chi connectivity index (χ3v) is 3.95. The van der Waals surface area contributed by atoms with E-state index in [9.17, 15) is 4.79 Å². The first kappa shape index (κ1) is 13.0. The van der Waals surface area contributed by atoms with E-state index in [0.717, 1.165) is 21.4 Å². The van der Waals surface area contributed by atoms with Gasteiger partial charge in [0.1, 0.15) is 0 Å². The van der Waals surface area contributed by atoms with Crippen LogP contribution in [-0.2, 0) is 6.54 Å². The van der Waals surface area contributed by atoms with Crippen LogP contribution in [0, 0.1) is 20.8 Å². The molecule has 0 amide bonds. The quantitative estimate of drug-likeness (QED) is 0.875. The summed E-state index contributed by atoms with van der Waals surface area (Å²) in [6.07, 6.45) is 3.80. The van der Waals surface area contributed by atoms with Gasteiger partial charge in [0.05, 0.1) is 22.9 Å². The molecule has 0 spiro atoms. The predicted molar refractivity (Wildman–Crippen MR) is 71.6 cm³/mol. The third kappa shape index (κ3) is 2.53. The van der Waals surface area contributed by atoms with E-state index in [0.29, 0.717) is 13.0 Å². The second kappa shape index (κ2) is 5.06. The van der Waals surface area contributed by atoms with Crippen molar-refractivity contribution in [1.82, 2.24) is 19.6 Å². The third-order valence-electron chi connectivity index (χ3n) is 2.80. The number of aryl methyl sites for hydroxylation is 3. The number of hydrogen-bond acceptors (Lipinski definition) is 3. The van der Waals surface area contributed by atoms with E-state index in [2.05, 4.69) is 26.1 Å². The fourth-order valence-electron chi connectivity index (χ4n) is 1.76. The molecule has 2 rings (SSSR count). The second-order valence-electron chi connectivity index (χ2n) is 4.31. The molecular weight excluding hydrogens is 296 g/mol. The number of hydrogen-bond donors (Lipinski definition) is 0. The van der Waals surface area contributed by atoms with Gasteiger partial charge in [0.25, 0.3) is 0 Å². The summed E-state index contributed by atoms with van der Waals surface area (Å²) >= 11 is 3.47. The van der Waals surface area contributed by atoms with Crippen LogP contribution in [-0.4, -0.2) is 25.5 Å². The topological polar surface area (TPSA) is 52.7 Å². The van der Waals surface area contributed by atoms with E-state index in [4.69, 9.17) is 0 Å². The molecule has 0 N–H and O–H groups in total. The molecule has 0 aromatic carbocycles. The summed E-state index contributed by atoms with van der Waals surface area (Å²) in [6.45, 7) is 6.39. The largest absolute Gasteiger partial charge is 0.273 e. The highest BCUT2D eigenvalue weighted by Crippen LogP contribution is 2.19. The number of carbonyl (C=O) groups is 1. The van der Waals surface area contributed by atoms with Crippen LogP contribution in [0.25, 0.3) is 0 Å². The van der Waals surface area contributed by atoms with Gasteiger partial charge in [-0.15, -0.1) is 0 Å². The monoisotopic (exact) mass is 310 g/mol. The number of nitrogens with zero attached hydrogens (tertiary/aromatic N) is 4. The first-order chi connectivity index (χ1) is 8.49. The lowest BCUT2D eigenvalue weighted by Gasteiger charge is -2.03. The van der Waals surface area contributed by atoms with Gasteiger partial charge >= 0.3 is 0 Å². The van der Waals surface area contributed by atoms with E-state index in [-0.39, 0.29) is 5.91 Å². The maximum Gasteiger partial charge on any atom is 0.248 e. The van der Waals surface area contributed by atoms with Crippen molar-refractivity contribution in [3.8, 4) is 0 Å². The van der Waals surface area contributed by atoms with E-state index in [1.54, 1.807) is 12.4 Å². The van der Waals surface area contributed by atoms with Gasteiger partial charge in [-0.05, 0) is 42.3 Å². The zero-order valence-corrected chi connectivity index (χ0v) is 12.2. The molecule has 0 saturated heterocycles. The van der Waals surface area contributed by atoms with E-state index in [1.165, 1.54) is 4.68 Å². The molecule has 2 heterocycles. The van der Waals surface area contributed by atoms with Crippen LogP contribution in [0.4, 0.5) is 0 Å². The normalized spacial score (nSPS) is 10.9. The first-order valence-electron chi connectivity index (χ1n) is 5.73. The Labute approximate surface area is 114 Å². The van der Waals surface area contributed by atoms with Crippen molar-refractivity contribution in [1.29, 1.82) is 0 Å². The molecule has 2 aromatic heterocycles. The van der Waals surface area contributed by atoms with Crippen molar-refractivity contribution in [3.63, 3.8) is 0 Å². The van der Waals surface area contributed by atoms with Gasteiger partial charge in [0.15, 0.2) is 0 Å². The molecule has 0 fully saturated rings. The van der Waals surface area contributed by atoms with Crippen LogP contribution in [0.3, 0.4) is 0 Å². The van der Waals surface area contributed by atoms with Gasteiger partial charge in [0, 0.05) is 18.3 Å². The molecule has 0 bridgehead atoms. The highest BCUT2D eigenvalue weighted by Gasteiger charge is 2.11. The van der Waals surface area contributed by atoms with Gasteiger partial charge in [-0.25, -0.2) is 4.68 Å². The van der Waals surface area contributed by atoms with Crippen LogP contribution in [0.15, 0.2) is 16.9 Å². The Morgan fingerprint density at radius 3 is 2.61 bits per heavy atom. The highest BCUT2D eigenvalue weighted by molar-refractivity contribution is 9.10. The number of aromatic nitrogens is 4. The molecule has 5 nitrogen and oxygen atoms in total. The summed E-state index contributed by atoms with van der Waals surface area (Å²) in [7, 11) is 0. The average Bonchev–Trinajstić information content (AvgIpc) is 2.87. The van der Waals surface area contributed by atoms with Gasteiger partial charge in [0.2, 0.25) is 5.91 Å². The molecule has 18 heavy (non-hydrogen) atoms. The van der Waals surface area contributed by atoms with Crippen LogP contribution in [0.1, 0.15) is 28.2 Å². The summed E-state index contributed by atoms with van der Waals surface area (Å²) in [6, 6.07) is 0. The smallest absolute Gasteiger partial charge is 0.248 e. The molecule has 2 aromatic rings. The standard InChI is InChI=1S/C12H15BrN4O/c1-8-6-14-17(7-8)11(18)4-5-16-10(3)12(13)9(2)15-16/h6-7H,4-5H2,1-3H3. The maximum absolute atomic E-state index is 11.9. The summed E-state index contributed by atoms with van der Waals surface area (Å²) in [5.41, 5.74) is 2.96. The molecule has 0 aliphatic heterocycles. The predicted octanol–water partition coefficient (Wildman–Crippen LogP) is 2.50. The summed E-state index contributed by atoms with van der Waals surface area (Å²) in [5.74, 6) is -0.0215. The van der Waals surface area contributed by atoms with Crippen molar-refractivity contribution in [2.75, 3.05) is 0 Å². The fraction of sp³-hybridized carbons (Fsp3) is 0.417. The van der Waals surface area contributed by atoms with Crippen molar-refractivity contribution in [2.45, 2.75) is 33.7 Å². The molecule has 0 aliphatic rings. The van der Waals surface area contributed by atoms with Crippen molar-refractivity contribution < 1.29 is 4.79 Å². The number of carbonyl (C=O) groups excluding carboxylic acids is 1. The minimum atomic E-state index is -0.0215. The molecule has 0 saturated carbocycles. The second-order valence-corrected chi connectivity index (χ2v) is 5.11. The Kier molecular flexibility index (Phi) is 3.65. The molecule has 0 atom stereocenters. The Morgan fingerprint density at radius 1 is 1.39 bits per heavy atom. The lowest BCUT2D eigenvalue weighted by atomic mass is 10.3. The van der Waals surface area contributed by atoms with Gasteiger partial charge < -0.3 is 0 Å². The summed E-state index contributed by atoms with van der Waals surface area (Å²) < 4.78 is 4.23. The Bertz CT molecular complexity index is 585. The Morgan fingerprint density at radius 2 is 2.11 bits per heavy atom. The summed E-state index contributed by atoms with van der Waals surface area (Å²) in [4.78, 5) is 11.9. The van der Waals surface area contributed by atoms with Gasteiger partial charge in [-0.2, -0.15) is 10.2 Å². The molecule has 0 radical (unpaired) electrons. The minimum Gasteiger partial charge on any atom is -0.273 e. The Hall–Kier alpha value is -1.43.